The van der Waals surface area contributed by atoms with Crippen LogP contribution in [0.25, 0.3) is 11.1 Å². The summed E-state index contributed by atoms with van der Waals surface area (Å²) in [6.07, 6.45) is 13.3. The second-order valence-corrected chi connectivity index (χ2v) is 22.6. The molecule has 5 aromatic rings. The molecule has 3 atom stereocenters. The van der Waals surface area contributed by atoms with Crippen molar-refractivity contribution in [1.82, 2.24) is 34.2 Å². The molecule has 1 saturated carbocycles. The third kappa shape index (κ3) is 8.10. The van der Waals surface area contributed by atoms with E-state index in [4.69, 9.17) is 9.97 Å². The monoisotopic (exact) mass is 985 g/mol. The van der Waals surface area contributed by atoms with Crippen LogP contribution in [0.3, 0.4) is 0 Å². The van der Waals surface area contributed by atoms with Crippen molar-refractivity contribution in [1.29, 1.82) is 0 Å². The van der Waals surface area contributed by atoms with Gasteiger partial charge in [-0.25, -0.2) is 9.97 Å². The number of imide groups is 2. The van der Waals surface area contributed by atoms with Gasteiger partial charge in [0.15, 0.2) is 0 Å². The predicted molar refractivity (Wildman–Crippen MR) is 277 cm³/mol. The average molecular weight is 986 g/mol. The number of hydrogen-bond acceptors (Lipinski definition) is 12. The van der Waals surface area contributed by atoms with Crippen molar-refractivity contribution in [3.05, 3.63) is 111 Å². The molecule has 7 aliphatic rings. The number of hydrogen-bond donors (Lipinski definition) is 2. The Morgan fingerprint density at radius 2 is 1.58 bits per heavy atom. The molecule has 9 heterocycles. The van der Waals surface area contributed by atoms with Crippen LogP contribution in [-0.4, -0.2) is 116 Å². The Morgan fingerprint density at radius 3 is 2.34 bits per heavy atom. The molecule has 12 rings (SSSR count). The van der Waals surface area contributed by atoms with Gasteiger partial charge in [-0.05, 0) is 141 Å². The van der Waals surface area contributed by atoms with Crippen LogP contribution in [0.2, 0.25) is 0 Å². The summed E-state index contributed by atoms with van der Waals surface area (Å²) in [5.41, 5.74) is 9.21. The van der Waals surface area contributed by atoms with Gasteiger partial charge in [-0.3, -0.25) is 48.8 Å². The highest BCUT2D eigenvalue weighted by atomic mass is 16.2. The zero-order chi connectivity index (χ0) is 50.7. The standard InChI is InChI=1S/C56H63N11O6/c1-33-31-63(38-12-14-56(28-38)15-18-62(19-16-56)37-6-8-41-42(26-37)52(71)67(51(41)70)44-9-11-48(68)60-50(44)69)20-21-64(33)39-7-10-47(58-30-39)59-43-24-36(32-61(5)53(43)72)40-13-17-57-49(34(40)2)66-23-22-65-45(54(66)73)25-35-27-55(3,4)29-46(35)65/h6-8,10,13,17,24-26,30,32-33,38,44H,9,11-12,14-16,18-23,27-29,31H2,1-5H3,(H,58,59)(H,60,68,69)/t33-,38-,44?/m0/s1. The Balaban J connectivity index is 0.658. The van der Waals surface area contributed by atoms with E-state index in [0.717, 1.165) is 104 Å². The molecule has 1 spiro atoms. The lowest BCUT2D eigenvalue weighted by Gasteiger charge is -2.45. The number of nitrogens with zero attached hydrogens (tertiary/aromatic N) is 9. The average Bonchev–Trinajstić information content (AvgIpc) is 4.09. The lowest BCUT2D eigenvalue weighted by atomic mass is 9.76. The molecule has 0 radical (unpaired) electrons. The summed E-state index contributed by atoms with van der Waals surface area (Å²) in [7, 11) is 1.75. The van der Waals surface area contributed by atoms with Crippen molar-refractivity contribution >= 4 is 58.2 Å². The summed E-state index contributed by atoms with van der Waals surface area (Å²) in [4.78, 5) is 98.4. The Hall–Kier alpha value is -7.14. The van der Waals surface area contributed by atoms with Crippen molar-refractivity contribution in [3.8, 4) is 11.1 Å². The van der Waals surface area contributed by atoms with Gasteiger partial charge in [0, 0.05) is 101 Å². The molecule has 5 aliphatic heterocycles. The zero-order valence-corrected chi connectivity index (χ0v) is 42.4. The molecule has 2 N–H and O–H groups in total. The highest BCUT2D eigenvalue weighted by Crippen LogP contribution is 2.49. The van der Waals surface area contributed by atoms with Crippen LogP contribution in [0.1, 0.15) is 114 Å². The Morgan fingerprint density at radius 1 is 0.781 bits per heavy atom. The van der Waals surface area contributed by atoms with Gasteiger partial charge in [0.05, 0.1) is 23.0 Å². The lowest BCUT2D eigenvalue weighted by molar-refractivity contribution is -0.136. The van der Waals surface area contributed by atoms with Crippen molar-refractivity contribution in [3.63, 3.8) is 0 Å². The van der Waals surface area contributed by atoms with E-state index in [-0.39, 0.29) is 47.1 Å². The number of piperazine rings is 1. The number of pyridine rings is 3. The number of carbonyl (C=O) groups excluding carboxylic acids is 5. The summed E-state index contributed by atoms with van der Waals surface area (Å²) >= 11 is 0. The van der Waals surface area contributed by atoms with Crippen molar-refractivity contribution in [2.45, 2.75) is 110 Å². The molecule has 3 saturated heterocycles. The SMILES string of the molecule is Cc1c(-c2cc(Nc3ccc(N4CCN([C@H]5CCC6(CCN(c7ccc8c(c7)C(=O)N(C7CCC(=O)NC7=O)C8=O)CC6)C5)C[C@@H]4C)cn3)c(=O)n(C)c2)ccnc1N1CCn2c(cc3c2CC(C)(C)C3)C1=O. The van der Waals surface area contributed by atoms with Crippen molar-refractivity contribution in [2.75, 3.05) is 59.3 Å². The van der Waals surface area contributed by atoms with Crippen LogP contribution < -0.4 is 30.9 Å². The van der Waals surface area contributed by atoms with Crippen LogP contribution in [0.5, 0.6) is 0 Å². The number of fused-ring (bicyclic) bond motifs is 4. The normalized spacial score (nSPS) is 23.6. The molecular weight excluding hydrogens is 923 g/mol. The maximum absolute atomic E-state index is 14.0. The first kappa shape index (κ1) is 46.9. The third-order valence-corrected chi connectivity index (χ3v) is 17.4. The minimum atomic E-state index is -0.976. The minimum absolute atomic E-state index is 0.0301. The smallest absolute Gasteiger partial charge is 0.276 e. The van der Waals surface area contributed by atoms with Crippen LogP contribution in [-0.2, 0) is 36.0 Å². The highest BCUT2D eigenvalue weighted by molar-refractivity contribution is 6.23. The Bertz CT molecular complexity index is 3200. The van der Waals surface area contributed by atoms with Gasteiger partial charge in [-0.2, -0.15) is 0 Å². The fourth-order valence-electron chi connectivity index (χ4n) is 13.5. The van der Waals surface area contributed by atoms with Crippen LogP contribution in [0, 0.1) is 17.8 Å². The number of aromatic nitrogens is 4. The molecule has 4 fully saturated rings. The van der Waals surface area contributed by atoms with E-state index in [1.54, 1.807) is 28.8 Å². The first-order valence-corrected chi connectivity index (χ1v) is 26.1. The zero-order valence-electron chi connectivity index (χ0n) is 42.4. The van der Waals surface area contributed by atoms with Gasteiger partial charge >= 0.3 is 0 Å². The van der Waals surface area contributed by atoms with Crippen LogP contribution >= 0.6 is 0 Å². The molecule has 17 heteroatoms. The third-order valence-electron chi connectivity index (χ3n) is 17.4. The van der Waals surface area contributed by atoms with Gasteiger partial charge < -0.3 is 24.3 Å². The first-order valence-electron chi connectivity index (χ1n) is 26.1. The van der Waals surface area contributed by atoms with E-state index in [1.807, 2.05) is 49.6 Å². The topological polar surface area (TPSA) is 178 Å². The fourth-order valence-corrected chi connectivity index (χ4v) is 13.5. The summed E-state index contributed by atoms with van der Waals surface area (Å²) in [5, 5.41) is 5.58. The molecule has 17 nitrogen and oxygen atoms in total. The number of rotatable bonds is 8. The molecule has 73 heavy (non-hydrogen) atoms. The quantitative estimate of drug-likeness (QED) is 0.168. The Labute approximate surface area is 424 Å². The fraction of sp³-hybridized carbons (Fsp3) is 0.464. The first-order chi connectivity index (χ1) is 35.0. The predicted octanol–water partition coefficient (Wildman–Crippen LogP) is 6.23. The number of anilines is 5. The van der Waals surface area contributed by atoms with Gasteiger partial charge in [0.25, 0.3) is 23.3 Å². The molecule has 1 unspecified atom stereocenters. The number of piperidine rings is 2. The van der Waals surface area contributed by atoms with E-state index in [0.29, 0.717) is 41.0 Å². The molecule has 2 aliphatic carbocycles. The van der Waals surface area contributed by atoms with Gasteiger partial charge in [0.2, 0.25) is 11.8 Å². The van der Waals surface area contributed by atoms with Gasteiger partial charge in [0.1, 0.15) is 29.1 Å². The number of carbonyl (C=O) groups is 5. The second-order valence-electron chi connectivity index (χ2n) is 22.6. The number of amides is 5. The lowest BCUT2D eigenvalue weighted by Crippen LogP contribution is -2.54. The largest absolute Gasteiger partial charge is 0.371 e. The molecule has 378 valence electrons. The van der Waals surface area contributed by atoms with E-state index in [9.17, 15) is 28.8 Å². The van der Waals surface area contributed by atoms with Crippen LogP contribution in [0.15, 0.2) is 71.9 Å². The van der Waals surface area contributed by atoms with E-state index >= 15 is 0 Å². The summed E-state index contributed by atoms with van der Waals surface area (Å²) in [6, 6.07) is 15.2. The van der Waals surface area contributed by atoms with Crippen molar-refractivity contribution in [2.24, 2.45) is 17.9 Å². The maximum Gasteiger partial charge on any atom is 0.276 e. The molecule has 1 aromatic carbocycles. The second kappa shape index (κ2) is 17.5. The highest BCUT2D eigenvalue weighted by Gasteiger charge is 2.47. The Kier molecular flexibility index (Phi) is 11.3. The molecule has 0 bridgehead atoms. The summed E-state index contributed by atoms with van der Waals surface area (Å²) in [6.45, 7) is 14.7. The maximum atomic E-state index is 14.0. The van der Waals surface area contributed by atoms with Crippen molar-refractivity contribution < 1.29 is 24.0 Å². The summed E-state index contributed by atoms with van der Waals surface area (Å²) < 4.78 is 3.80. The summed E-state index contributed by atoms with van der Waals surface area (Å²) in [5.74, 6) is -0.766. The molecule has 4 aromatic heterocycles. The van der Waals surface area contributed by atoms with E-state index in [1.165, 1.54) is 30.5 Å². The van der Waals surface area contributed by atoms with E-state index in [2.05, 4.69) is 62.8 Å². The van der Waals surface area contributed by atoms with Gasteiger partial charge in [-0.1, -0.05) is 13.8 Å². The molecular formula is C56H63N11O6. The van der Waals surface area contributed by atoms with Crippen LogP contribution in [0.4, 0.5) is 28.7 Å². The minimum Gasteiger partial charge on any atom is -0.371 e. The number of nitrogens with one attached hydrogen (secondary N) is 2. The van der Waals surface area contributed by atoms with E-state index < -0.39 is 23.8 Å². The molecule has 5 amide bonds. The number of aryl methyl sites for hydroxylation is 1. The van der Waals surface area contributed by atoms with Gasteiger partial charge in [-0.15, -0.1) is 0 Å². The number of benzene rings is 1.